The normalized spacial score (nSPS) is 10.5. The Kier molecular flexibility index (Phi) is 3.43. The maximum absolute atomic E-state index is 11.7. The molecule has 0 aliphatic rings. The molecule has 1 amide bonds. The Balaban J connectivity index is 2.05. The van der Waals surface area contributed by atoms with E-state index in [1.165, 1.54) is 11.3 Å². The highest BCUT2D eigenvalue weighted by atomic mass is 32.1. The predicted octanol–water partition coefficient (Wildman–Crippen LogP) is 1.03. The third-order valence-corrected chi connectivity index (χ3v) is 3.04. The quantitative estimate of drug-likeness (QED) is 0.847. The highest BCUT2D eigenvalue weighted by Crippen LogP contribution is 2.15. The predicted molar refractivity (Wildman–Crippen MR) is 63.0 cm³/mol. The standard InChI is InChI=1S/C9H12N6OS/c1-3-5-10-7(14-12-5)8(16)11-9-15-13-6(4-2)17-9/h3-4H2,1-2H3,(H,10,12,14)(H,11,15,16). The van der Waals surface area contributed by atoms with E-state index in [9.17, 15) is 4.79 Å². The van der Waals surface area contributed by atoms with Crippen molar-refractivity contribution in [3.63, 3.8) is 0 Å². The molecule has 0 unspecified atom stereocenters. The zero-order chi connectivity index (χ0) is 12.3. The van der Waals surface area contributed by atoms with Crippen molar-refractivity contribution in [3.05, 3.63) is 16.7 Å². The van der Waals surface area contributed by atoms with Crippen molar-refractivity contribution >= 4 is 22.4 Å². The number of aryl methyl sites for hydroxylation is 2. The van der Waals surface area contributed by atoms with E-state index < -0.39 is 0 Å². The number of anilines is 1. The van der Waals surface area contributed by atoms with Gasteiger partial charge < -0.3 is 0 Å². The van der Waals surface area contributed by atoms with E-state index in [0.29, 0.717) is 17.4 Å². The Hall–Kier alpha value is -1.83. The smallest absolute Gasteiger partial charge is 0.294 e. The third-order valence-electron chi connectivity index (χ3n) is 2.06. The van der Waals surface area contributed by atoms with E-state index in [0.717, 1.165) is 11.4 Å². The van der Waals surface area contributed by atoms with Gasteiger partial charge in [0, 0.05) is 6.42 Å². The zero-order valence-electron chi connectivity index (χ0n) is 9.52. The van der Waals surface area contributed by atoms with Crippen LogP contribution in [0.2, 0.25) is 0 Å². The number of nitrogens with zero attached hydrogens (tertiary/aromatic N) is 4. The van der Waals surface area contributed by atoms with Gasteiger partial charge in [-0.15, -0.1) is 15.3 Å². The van der Waals surface area contributed by atoms with Gasteiger partial charge in [-0.1, -0.05) is 25.2 Å². The summed E-state index contributed by atoms with van der Waals surface area (Å²) in [5, 5.41) is 18.2. The van der Waals surface area contributed by atoms with E-state index >= 15 is 0 Å². The van der Waals surface area contributed by atoms with Crippen molar-refractivity contribution < 1.29 is 4.79 Å². The van der Waals surface area contributed by atoms with Gasteiger partial charge in [-0.3, -0.25) is 15.2 Å². The van der Waals surface area contributed by atoms with Crippen LogP contribution in [0, 0.1) is 0 Å². The van der Waals surface area contributed by atoms with Crippen LogP contribution in [0.25, 0.3) is 0 Å². The molecule has 0 radical (unpaired) electrons. The number of aromatic nitrogens is 5. The average Bonchev–Trinajstić information content (AvgIpc) is 2.96. The maximum Gasteiger partial charge on any atom is 0.297 e. The molecule has 0 saturated carbocycles. The number of amides is 1. The molecule has 2 N–H and O–H groups in total. The largest absolute Gasteiger partial charge is 0.297 e. The fourth-order valence-corrected chi connectivity index (χ4v) is 1.83. The number of hydrogen-bond acceptors (Lipinski definition) is 6. The Morgan fingerprint density at radius 1 is 1.35 bits per heavy atom. The monoisotopic (exact) mass is 252 g/mol. The summed E-state index contributed by atoms with van der Waals surface area (Å²) in [5.74, 6) is 0.427. The van der Waals surface area contributed by atoms with Crippen molar-refractivity contribution in [1.82, 2.24) is 25.4 Å². The first-order valence-corrected chi connectivity index (χ1v) is 6.09. The SMILES string of the molecule is CCc1nc(C(=O)Nc2nnc(CC)s2)n[nH]1. The van der Waals surface area contributed by atoms with Crippen molar-refractivity contribution in [3.8, 4) is 0 Å². The van der Waals surface area contributed by atoms with Crippen LogP contribution in [0.3, 0.4) is 0 Å². The molecule has 90 valence electrons. The lowest BCUT2D eigenvalue weighted by molar-refractivity contribution is 0.101. The maximum atomic E-state index is 11.7. The fraction of sp³-hybridized carbons (Fsp3) is 0.444. The molecule has 17 heavy (non-hydrogen) atoms. The summed E-state index contributed by atoms with van der Waals surface area (Å²) in [7, 11) is 0. The summed E-state index contributed by atoms with van der Waals surface area (Å²) < 4.78 is 0. The molecule has 2 rings (SSSR count). The van der Waals surface area contributed by atoms with Crippen LogP contribution in [-0.2, 0) is 12.8 Å². The molecule has 0 saturated heterocycles. The molecule has 0 aliphatic carbocycles. The minimum atomic E-state index is -0.375. The summed E-state index contributed by atoms with van der Waals surface area (Å²) >= 11 is 1.35. The van der Waals surface area contributed by atoms with Crippen LogP contribution in [0.4, 0.5) is 5.13 Å². The fourth-order valence-electron chi connectivity index (χ4n) is 1.15. The van der Waals surface area contributed by atoms with E-state index in [2.05, 4.69) is 30.7 Å². The summed E-state index contributed by atoms with van der Waals surface area (Å²) in [6, 6.07) is 0. The first kappa shape index (κ1) is 11.6. The second-order valence-corrected chi connectivity index (χ2v) is 4.33. The molecule has 0 fully saturated rings. The number of carbonyl (C=O) groups excluding carboxylic acids is 1. The molecule has 2 aromatic rings. The van der Waals surface area contributed by atoms with Crippen LogP contribution in [-0.4, -0.2) is 31.3 Å². The number of H-pyrrole nitrogens is 1. The van der Waals surface area contributed by atoms with Gasteiger partial charge in [-0.25, -0.2) is 4.98 Å². The molecule has 2 heterocycles. The Morgan fingerprint density at radius 2 is 2.18 bits per heavy atom. The number of hydrogen-bond donors (Lipinski definition) is 2. The summed E-state index contributed by atoms with van der Waals surface area (Å²) in [5.41, 5.74) is 0. The molecule has 0 aliphatic heterocycles. The van der Waals surface area contributed by atoms with Gasteiger partial charge in [0.05, 0.1) is 0 Å². The number of carbonyl (C=O) groups is 1. The Labute approximate surface area is 102 Å². The Morgan fingerprint density at radius 3 is 2.76 bits per heavy atom. The van der Waals surface area contributed by atoms with Crippen LogP contribution < -0.4 is 5.32 Å². The zero-order valence-corrected chi connectivity index (χ0v) is 10.3. The summed E-state index contributed by atoms with van der Waals surface area (Å²) in [4.78, 5) is 15.8. The van der Waals surface area contributed by atoms with Gasteiger partial charge in [0.1, 0.15) is 10.8 Å². The van der Waals surface area contributed by atoms with E-state index in [4.69, 9.17) is 0 Å². The summed E-state index contributed by atoms with van der Waals surface area (Å²) in [6.07, 6.45) is 1.51. The lowest BCUT2D eigenvalue weighted by atomic mass is 10.5. The molecule has 0 bridgehead atoms. The number of aromatic amines is 1. The topological polar surface area (TPSA) is 96.5 Å². The van der Waals surface area contributed by atoms with Crippen molar-refractivity contribution in [2.75, 3.05) is 5.32 Å². The highest BCUT2D eigenvalue weighted by Gasteiger charge is 2.14. The molecule has 0 aromatic carbocycles. The summed E-state index contributed by atoms with van der Waals surface area (Å²) in [6.45, 7) is 3.91. The number of nitrogens with one attached hydrogen (secondary N) is 2. The number of rotatable bonds is 4. The van der Waals surface area contributed by atoms with Gasteiger partial charge in [0.15, 0.2) is 0 Å². The van der Waals surface area contributed by atoms with Gasteiger partial charge in [0.25, 0.3) is 5.91 Å². The lowest BCUT2D eigenvalue weighted by Crippen LogP contribution is -2.13. The highest BCUT2D eigenvalue weighted by molar-refractivity contribution is 7.15. The third kappa shape index (κ3) is 2.64. The van der Waals surface area contributed by atoms with Crippen molar-refractivity contribution in [2.45, 2.75) is 26.7 Å². The van der Waals surface area contributed by atoms with Crippen LogP contribution in [0.1, 0.15) is 35.3 Å². The second-order valence-electron chi connectivity index (χ2n) is 3.27. The Bertz CT molecular complexity index is 519. The van der Waals surface area contributed by atoms with Crippen molar-refractivity contribution in [1.29, 1.82) is 0 Å². The van der Waals surface area contributed by atoms with E-state index in [1.54, 1.807) is 0 Å². The molecular weight excluding hydrogens is 240 g/mol. The average molecular weight is 252 g/mol. The van der Waals surface area contributed by atoms with E-state index in [1.807, 2.05) is 13.8 Å². The second kappa shape index (κ2) is 5.00. The molecule has 8 heteroatoms. The minimum absolute atomic E-state index is 0.120. The van der Waals surface area contributed by atoms with Crippen LogP contribution >= 0.6 is 11.3 Å². The van der Waals surface area contributed by atoms with Crippen LogP contribution in [0.5, 0.6) is 0 Å². The van der Waals surface area contributed by atoms with Crippen molar-refractivity contribution in [2.24, 2.45) is 0 Å². The van der Waals surface area contributed by atoms with E-state index in [-0.39, 0.29) is 11.7 Å². The minimum Gasteiger partial charge on any atom is -0.294 e. The van der Waals surface area contributed by atoms with Gasteiger partial charge in [-0.05, 0) is 6.42 Å². The van der Waals surface area contributed by atoms with Gasteiger partial charge >= 0.3 is 0 Å². The lowest BCUT2D eigenvalue weighted by Gasteiger charge is -1.94. The van der Waals surface area contributed by atoms with Crippen LogP contribution in [0.15, 0.2) is 0 Å². The first-order chi connectivity index (χ1) is 8.22. The van der Waals surface area contributed by atoms with Gasteiger partial charge in [0.2, 0.25) is 11.0 Å². The molecular formula is C9H12N6OS. The van der Waals surface area contributed by atoms with Gasteiger partial charge in [-0.2, -0.15) is 0 Å². The molecule has 7 nitrogen and oxygen atoms in total. The molecule has 0 spiro atoms. The first-order valence-electron chi connectivity index (χ1n) is 5.28. The molecule has 0 atom stereocenters. The molecule has 2 aromatic heterocycles.